The average Bonchev–Trinajstić information content (AvgIpc) is 3.04. The fourth-order valence-electron chi connectivity index (χ4n) is 5.18. The summed E-state index contributed by atoms with van der Waals surface area (Å²) in [6.07, 6.45) is 12.3. The summed E-state index contributed by atoms with van der Waals surface area (Å²) in [5.74, 6) is 4.32. The third kappa shape index (κ3) is 2.46. The van der Waals surface area contributed by atoms with Crippen LogP contribution in [0.15, 0.2) is 0 Å². The molecule has 0 radical (unpaired) electrons. The molecule has 5 atom stereocenters. The highest BCUT2D eigenvalue weighted by Crippen LogP contribution is 2.58. The van der Waals surface area contributed by atoms with Crippen molar-refractivity contribution in [1.29, 1.82) is 0 Å². The van der Waals surface area contributed by atoms with Crippen molar-refractivity contribution in [3.05, 3.63) is 0 Å². The molecule has 18 heavy (non-hydrogen) atoms. The molecule has 2 nitrogen and oxygen atoms in total. The lowest BCUT2D eigenvalue weighted by Crippen LogP contribution is -2.39. The quantitative estimate of drug-likeness (QED) is 0.682. The molecule has 0 aromatic carbocycles. The molecule has 3 rings (SSSR count). The highest BCUT2D eigenvalue weighted by Gasteiger charge is 2.53. The monoisotopic (exact) mass is 251 g/mol. The lowest BCUT2D eigenvalue weighted by molar-refractivity contribution is 0.208. The largest absolute Gasteiger partial charge is 0.396 e. The van der Waals surface area contributed by atoms with Gasteiger partial charge in [-0.2, -0.15) is 0 Å². The van der Waals surface area contributed by atoms with Crippen molar-refractivity contribution in [2.24, 2.45) is 23.7 Å². The minimum atomic E-state index is 0.364. The highest BCUT2D eigenvalue weighted by molar-refractivity contribution is 5.05. The van der Waals surface area contributed by atoms with Crippen LogP contribution in [0.2, 0.25) is 0 Å². The smallest absolute Gasteiger partial charge is 0.0431 e. The zero-order valence-electron chi connectivity index (χ0n) is 11.6. The predicted octanol–water partition coefficient (Wildman–Crippen LogP) is 2.95. The first-order chi connectivity index (χ1) is 8.90. The van der Waals surface area contributed by atoms with Gasteiger partial charge < -0.3 is 10.4 Å². The number of rotatable bonds is 7. The van der Waals surface area contributed by atoms with Crippen LogP contribution < -0.4 is 5.32 Å². The van der Waals surface area contributed by atoms with E-state index in [1.807, 2.05) is 0 Å². The summed E-state index contributed by atoms with van der Waals surface area (Å²) in [7, 11) is 0. The Morgan fingerprint density at radius 2 is 1.72 bits per heavy atom. The van der Waals surface area contributed by atoms with Gasteiger partial charge in [0.15, 0.2) is 0 Å². The predicted molar refractivity (Wildman–Crippen MR) is 74.4 cm³/mol. The molecule has 0 amide bonds. The van der Waals surface area contributed by atoms with E-state index < -0.39 is 0 Å². The zero-order chi connectivity index (χ0) is 12.4. The summed E-state index contributed by atoms with van der Waals surface area (Å²) < 4.78 is 0. The Balaban J connectivity index is 1.35. The van der Waals surface area contributed by atoms with E-state index in [0.29, 0.717) is 6.61 Å². The van der Waals surface area contributed by atoms with Crippen molar-refractivity contribution in [2.75, 3.05) is 13.2 Å². The van der Waals surface area contributed by atoms with E-state index in [9.17, 15) is 0 Å². The van der Waals surface area contributed by atoms with Gasteiger partial charge in [-0.15, -0.1) is 0 Å². The van der Waals surface area contributed by atoms with E-state index in [0.717, 1.165) is 36.1 Å². The van der Waals surface area contributed by atoms with Crippen molar-refractivity contribution in [3.63, 3.8) is 0 Å². The molecule has 3 saturated carbocycles. The lowest BCUT2D eigenvalue weighted by Gasteiger charge is -2.32. The van der Waals surface area contributed by atoms with E-state index in [4.69, 9.17) is 5.11 Å². The number of aliphatic hydroxyl groups is 1. The first-order valence-electron chi connectivity index (χ1n) is 8.24. The topological polar surface area (TPSA) is 32.3 Å². The maximum absolute atomic E-state index is 8.74. The standard InChI is InChI=1S/C16H29NO/c18-9-4-2-1-3-8-17-16-11-12-10-15(16)14-7-5-6-13(12)14/h12-18H,1-11H2. The van der Waals surface area contributed by atoms with Crippen LogP contribution in [0.5, 0.6) is 0 Å². The van der Waals surface area contributed by atoms with Crippen LogP contribution in [0, 0.1) is 23.7 Å². The van der Waals surface area contributed by atoms with Crippen LogP contribution in [-0.4, -0.2) is 24.3 Å². The SMILES string of the molecule is OCCCCCCNC1CC2CC1C1CCCC21. The molecule has 2 N–H and O–H groups in total. The van der Waals surface area contributed by atoms with E-state index in [2.05, 4.69) is 5.32 Å². The molecule has 3 aliphatic carbocycles. The van der Waals surface area contributed by atoms with Crippen LogP contribution in [0.4, 0.5) is 0 Å². The molecule has 0 heterocycles. The van der Waals surface area contributed by atoms with Crippen LogP contribution in [-0.2, 0) is 0 Å². The Labute approximate surface area is 112 Å². The van der Waals surface area contributed by atoms with Crippen molar-refractivity contribution in [3.8, 4) is 0 Å². The number of nitrogens with one attached hydrogen (secondary N) is 1. The van der Waals surface area contributed by atoms with Gasteiger partial charge in [0.05, 0.1) is 0 Å². The van der Waals surface area contributed by atoms with Gasteiger partial charge in [0.2, 0.25) is 0 Å². The maximum Gasteiger partial charge on any atom is 0.0431 e. The third-order valence-corrected chi connectivity index (χ3v) is 5.92. The molecule has 3 aliphatic rings. The number of hydrogen-bond acceptors (Lipinski definition) is 2. The average molecular weight is 251 g/mol. The Bertz CT molecular complexity index is 268. The second kappa shape index (κ2) is 5.92. The minimum absolute atomic E-state index is 0.364. The highest BCUT2D eigenvalue weighted by atomic mass is 16.2. The molecule has 3 fully saturated rings. The van der Waals surface area contributed by atoms with Gasteiger partial charge in [-0.05, 0) is 68.7 Å². The number of hydrogen-bond donors (Lipinski definition) is 2. The molecular weight excluding hydrogens is 222 g/mol. The van der Waals surface area contributed by atoms with Crippen LogP contribution >= 0.6 is 0 Å². The number of aliphatic hydroxyl groups excluding tert-OH is 1. The van der Waals surface area contributed by atoms with E-state index in [-0.39, 0.29) is 0 Å². The fraction of sp³-hybridized carbons (Fsp3) is 1.00. The second-order valence-corrected chi connectivity index (χ2v) is 6.85. The molecule has 0 saturated heterocycles. The zero-order valence-corrected chi connectivity index (χ0v) is 11.6. The van der Waals surface area contributed by atoms with Gasteiger partial charge in [0.25, 0.3) is 0 Å². The molecule has 2 heteroatoms. The van der Waals surface area contributed by atoms with E-state index >= 15 is 0 Å². The summed E-state index contributed by atoms with van der Waals surface area (Å²) in [6.45, 7) is 1.57. The van der Waals surface area contributed by atoms with Crippen LogP contribution in [0.1, 0.15) is 57.8 Å². The van der Waals surface area contributed by atoms with Gasteiger partial charge >= 0.3 is 0 Å². The van der Waals surface area contributed by atoms with Gasteiger partial charge in [-0.3, -0.25) is 0 Å². The summed E-state index contributed by atoms with van der Waals surface area (Å²) in [5, 5.41) is 12.6. The summed E-state index contributed by atoms with van der Waals surface area (Å²) in [6, 6.07) is 0.854. The second-order valence-electron chi connectivity index (χ2n) is 6.85. The fourth-order valence-corrected chi connectivity index (χ4v) is 5.18. The first-order valence-corrected chi connectivity index (χ1v) is 8.24. The lowest BCUT2D eigenvalue weighted by atomic mass is 9.79. The minimum Gasteiger partial charge on any atom is -0.396 e. The van der Waals surface area contributed by atoms with Crippen LogP contribution in [0.25, 0.3) is 0 Å². The van der Waals surface area contributed by atoms with Crippen molar-refractivity contribution < 1.29 is 5.11 Å². The first kappa shape index (κ1) is 12.9. The molecular formula is C16H29NO. The molecule has 2 bridgehead atoms. The normalized spacial score (nSPS) is 41.5. The number of unbranched alkanes of at least 4 members (excludes halogenated alkanes) is 3. The maximum atomic E-state index is 8.74. The molecule has 5 unspecified atom stereocenters. The van der Waals surface area contributed by atoms with Crippen molar-refractivity contribution in [2.45, 2.75) is 63.8 Å². The summed E-state index contributed by atoms with van der Waals surface area (Å²) >= 11 is 0. The van der Waals surface area contributed by atoms with Gasteiger partial charge in [-0.1, -0.05) is 19.3 Å². The van der Waals surface area contributed by atoms with Gasteiger partial charge in [0, 0.05) is 12.6 Å². The Morgan fingerprint density at radius 3 is 2.61 bits per heavy atom. The van der Waals surface area contributed by atoms with E-state index in [1.54, 1.807) is 6.42 Å². The Hall–Kier alpha value is -0.0800. The Kier molecular flexibility index (Phi) is 4.25. The van der Waals surface area contributed by atoms with E-state index in [1.165, 1.54) is 51.5 Å². The molecule has 0 aromatic rings. The van der Waals surface area contributed by atoms with Gasteiger partial charge in [0.1, 0.15) is 0 Å². The number of fused-ring (bicyclic) bond motifs is 5. The molecule has 0 aromatic heterocycles. The molecule has 0 aliphatic heterocycles. The summed E-state index contributed by atoms with van der Waals surface area (Å²) in [5.41, 5.74) is 0. The third-order valence-electron chi connectivity index (χ3n) is 5.92. The molecule has 104 valence electrons. The van der Waals surface area contributed by atoms with Crippen molar-refractivity contribution in [1.82, 2.24) is 5.32 Å². The van der Waals surface area contributed by atoms with Crippen LogP contribution in [0.3, 0.4) is 0 Å². The Morgan fingerprint density at radius 1 is 0.889 bits per heavy atom. The molecule has 0 spiro atoms. The summed E-state index contributed by atoms with van der Waals surface area (Å²) in [4.78, 5) is 0. The van der Waals surface area contributed by atoms with Crippen molar-refractivity contribution >= 4 is 0 Å². The van der Waals surface area contributed by atoms with Gasteiger partial charge in [-0.25, -0.2) is 0 Å².